The molecule has 110 valence electrons. The molecule has 2 rings (SSSR count). The Morgan fingerprint density at radius 1 is 1.45 bits per heavy atom. The summed E-state index contributed by atoms with van der Waals surface area (Å²) in [5, 5.41) is 10.2. The number of nitrogens with zero attached hydrogens (tertiary/aromatic N) is 1. The highest BCUT2D eigenvalue weighted by molar-refractivity contribution is 5.75. The molecule has 1 heterocycles. The number of carbonyl (C=O) groups excluding carboxylic acids is 1. The summed E-state index contributed by atoms with van der Waals surface area (Å²) in [4.78, 5) is 13.7. The van der Waals surface area contributed by atoms with Crippen molar-refractivity contribution in [3.8, 4) is 0 Å². The Hall–Kier alpha value is -1.46. The molecule has 1 saturated heterocycles. The normalized spacial score (nSPS) is 21.4. The molecule has 0 radical (unpaired) electrons. The fraction of sp³-hybridized carbons (Fsp3) is 0.533. The van der Waals surface area contributed by atoms with Gasteiger partial charge < -0.3 is 9.84 Å². The van der Waals surface area contributed by atoms with Crippen LogP contribution < -0.4 is 0 Å². The fourth-order valence-electron chi connectivity index (χ4n) is 2.62. The maximum Gasteiger partial charge on any atom is 0.323 e. The zero-order chi connectivity index (χ0) is 14.5. The second-order valence-corrected chi connectivity index (χ2v) is 5.10. The van der Waals surface area contributed by atoms with Crippen LogP contribution in [0.2, 0.25) is 0 Å². The standard InChI is InChI=1S/C15H20FNO3/c1-20-15(19)13-4-2-3-9-17(13)10-14(18)11-5-7-12(16)8-6-11/h5-8,13-14,18H,2-4,9-10H2,1H3. The fourth-order valence-corrected chi connectivity index (χ4v) is 2.62. The molecular weight excluding hydrogens is 261 g/mol. The van der Waals surface area contributed by atoms with Crippen molar-refractivity contribution in [3.05, 3.63) is 35.6 Å². The van der Waals surface area contributed by atoms with Crippen LogP contribution in [0.25, 0.3) is 0 Å². The number of β-amino-alcohol motifs (C(OH)–C–C–N with tert-alkyl or cyclic N) is 1. The van der Waals surface area contributed by atoms with Gasteiger partial charge in [-0.25, -0.2) is 4.39 Å². The molecule has 0 aromatic heterocycles. The summed E-state index contributed by atoms with van der Waals surface area (Å²) in [6.45, 7) is 1.11. The molecule has 0 amide bonds. The lowest BCUT2D eigenvalue weighted by Crippen LogP contribution is -2.46. The number of aliphatic hydroxyl groups is 1. The van der Waals surface area contributed by atoms with Crippen LogP contribution in [0.4, 0.5) is 4.39 Å². The first-order valence-electron chi connectivity index (χ1n) is 6.87. The monoisotopic (exact) mass is 281 g/mol. The van der Waals surface area contributed by atoms with Crippen molar-refractivity contribution >= 4 is 5.97 Å². The third-order valence-corrected chi connectivity index (χ3v) is 3.75. The van der Waals surface area contributed by atoms with E-state index < -0.39 is 6.10 Å². The summed E-state index contributed by atoms with van der Waals surface area (Å²) in [6.07, 6.45) is 2.01. The molecule has 1 aromatic rings. The number of carbonyl (C=O) groups is 1. The molecule has 2 unspecified atom stereocenters. The van der Waals surface area contributed by atoms with Crippen molar-refractivity contribution in [3.63, 3.8) is 0 Å². The summed E-state index contributed by atoms with van der Waals surface area (Å²) in [7, 11) is 1.38. The molecule has 0 saturated carbocycles. The quantitative estimate of drug-likeness (QED) is 0.856. The van der Waals surface area contributed by atoms with E-state index in [1.54, 1.807) is 12.1 Å². The highest BCUT2D eigenvalue weighted by Gasteiger charge is 2.30. The van der Waals surface area contributed by atoms with Crippen molar-refractivity contribution in [2.75, 3.05) is 20.2 Å². The van der Waals surface area contributed by atoms with E-state index in [0.717, 1.165) is 25.8 Å². The lowest BCUT2D eigenvalue weighted by atomic mass is 10.0. The molecule has 4 nitrogen and oxygen atoms in total. The Morgan fingerprint density at radius 2 is 2.15 bits per heavy atom. The van der Waals surface area contributed by atoms with E-state index in [1.165, 1.54) is 19.2 Å². The molecular formula is C15H20FNO3. The number of esters is 1. The van der Waals surface area contributed by atoms with E-state index in [-0.39, 0.29) is 17.8 Å². The molecule has 1 aliphatic heterocycles. The molecule has 1 aliphatic rings. The zero-order valence-corrected chi connectivity index (χ0v) is 11.6. The topological polar surface area (TPSA) is 49.8 Å². The Balaban J connectivity index is 2.02. The number of rotatable bonds is 4. The number of benzene rings is 1. The average molecular weight is 281 g/mol. The van der Waals surface area contributed by atoms with Gasteiger partial charge in [0.15, 0.2) is 0 Å². The van der Waals surface area contributed by atoms with Gasteiger partial charge in [0, 0.05) is 6.54 Å². The lowest BCUT2D eigenvalue weighted by Gasteiger charge is -2.35. The Kier molecular flexibility index (Phi) is 5.09. The molecule has 0 aliphatic carbocycles. The molecule has 5 heteroatoms. The van der Waals surface area contributed by atoms with Gasteiger partial charge in [-0.3, -0.25) is 9.69 Å². The van der Waals surface area contributed by atoms with Gasteiger partial charge in [-0.15, -0.1) is 0 Å². The van der Waals surface area contributed by atoms with Crippen LogP contribution in [0.1, 0.15) is 30.9 Å². The van der Waals surface area contributed by atoms with Gasteiger partial charge in [0.1, 0.15) is 11.9 Å². The van der Waals surface area contributed by atoms with Crippen molar-refractivity contribution in [1.82, 2.24) is 4.90 Å². The Morgan fingerprint density at radius 3 is 2.80 bits per heavy atom. The number of halogens is 1. The molecule has 1 N–H and O–H groups in total. The molecule has 1 fully saturated rings. The van der Waals surface area contributed by atoms with Crippen LogP contribution in [0.5, 0.6) is 0 Å². The minimum atomic E-state index is -0.735. The number of hydrogen-bond donors (Lipinski definition) is 1. The summed E-state index contributed by atoms with van der Waals surface area (Å²) in [6, 6.07) is 5.50. The molecule has 20 heavy (non-hydrogen) atoms. The number of methoxy groups -OCH3 is 1. The SMILES string of the molecule is COC(=O)C1CCCCN1CC(O)c1ccc(F)cc1. The molecule has 2 atom stereocenters. The second kappa shape index (κ2) is 6.81. The van der Waals surface area contributed by atoms with Gasteiger partial charge >= 0.3 is 5.97 Å². The van der Waals surface area contributed by atoms with Gasteiger partial charge in [0.2, 0.25) is 0 Å². The zero-order valence-electron chi connectivity index (χ0n) is 11.6. The summed E-state index contributed by atoms with van der Waals surface area (Å²) in [5.41, 5.74) is 0.653. The van der Waals surface area contributed by atoms with E-state index in [0.29, 0.717) is 12.1 Å². The van der Waals surface area contributed by atoms with E-state index in [1.807, 2.05) is 4.90 Å². The molecule has 0 bridgehead atoms. The third kappa shape index (κ3) is 3.55. The lowest BCUT2D eigenvalue weighted by molar-refractivity contribution is -0.148. The predicted molar refractivity (Wildman–Crippen MR) is 72.6 cm³/mol. The molecule has 0 spiro atoms. The van der Waals surface area contributed by atoms with Gasteiger partial charge in [-0.05, 0) is 37.1 Å². The number of ether oxygens (including phenoxy) is 1. The number of likely N-dealkylation sites (tertiary alicyclic amines) is 1. The van der Waals surface area contributed by atoms with Gasteiger partial charge in [-0.2, -0.15) is 0 Å². The van der Waals surface area contributed by atoms with E-state index in [2.05, 4.69) is 0 Å². The van der Waals surface area contributed by atoms with Gasteiger partial charge in [-0.1, -0.05) is 18.6 Å². The number of aliphatic hydroxyl groups excluding tert-OH is 1. The minimum Gasteiger partial charge on any atom is -0.468 e. The summed E-state index contributed by atoms with van der Waals surface area (Å²) in [5.74, 6) is -0.581. The van der Waals surface area contributed by atoms with Crippen molar-refractivity contribution < 1.29 is 19.0 Å². The number of hydrogen-bond acceptors (Lipinski definition) is 4. The largest absolute Gasteiger partial charge is 0.468 e. The van der Waals surface area contributed by atoms with Crippen molar-refractivity contribution in [2.24, 2.45) is 0 Å². The van der Waals surface area contributed by atoms with E-state index in [4.69, 9.17) is 4.74 Å². The predicted octanol–water partition coefficient (Wildman–Crippen LogP) is 1.89. The minimum absolute atomic E-state index is 0.254. The van der Waals surface area contributed by atoms with Crippen LogP contribution >= 0.6 is 0 Å². The maximum absolute atomic E-state index is 12.9. The Bertz CT molecular complexity index is 449. The van der Waals surface area contributed by atoms with Crippen LogP contribution in [0, 0.1) is 5.82 Å². The first kappa shape index (κ1) is 14.9. The van der Waals surface area contributed by atoms with Crippen LogP contribution in [0.3, 0.4) is 0 Å². The van der Waals surface area contributed by atoms with Crippen molar-refractivity contribution in [1.29, 1.82) is 0 Å². The van der Waals surface area contributed by atoms with Gasteiger partial charge in [0.05, 0.1) is 13.2 Å². The smallest absolute Gasteiger partial charge is 0.323 e. The third-order valence-electron chi connectivity index (χ3n) is 3.75. The molecule has 1 aromatic carbocycles. The van der Waals surface area contributed by atoms with Gasteiger partial charge in [0.25, 0.3) is 0 Å². The van der Waals surface area contributed by atoms with Crippen LogP contribution in [-0.2, 0) is 9.53 Å². The average Bonchev–Trinajstić information content (AvgIpc) is 2.47. The highest BCUT2D eigenvalue weighted by atomic mass is 19.1. The second-order valence-electron chi connectivity index (χ2n) is 5.10. The number of piperidine rings is 1. The first-order chi connectivity index (χ1) is 9.61. The highest BCUT2D eigenvalue weighted by Crippen LogP contribution is 2.22. The Labute approximate surface area is 118 Å². The van der Waals surface area contributed by atoms with Crippen LogP contribution in [0.15, 0.2) is 24.3 Å². The van der Waals surface area contributed by atoms with Crippen molar-refractivity contribution in [2.45, 2.75) is 31.4 Å². The first-order valence-corrected chi connectivity index (χ1v) is 6.87. The van der Waals surface area contributed by atoms with E-state index >= 15 is 0 Å². The summed E-state index contributed by atoms with van der Waals surface area (Å²) >= 11 is 0. The maximum atomic E-state index is 12.9. The van der Waals surface area contributed by atoms with E-state index in [9.17, 15) is 14.3 Å². The summed E-state index contributed by atoms with van der Waals surface area (Å²) < 4.78 is 17.7. The van der Waals surface area contributed by atoms with Crippen LogP contribution in [-0.4, -0.2) is 42.2 Å².